The standard InChI is InChI=1S/C25H20FN5O/c1-16-21(15-27-31(16)20-13-9-18(26)10-14-20)25(32)28-19-11-7-17(8-12-19)24-29-22-5-3-4-6-23(22)30(24)2/h3-15H,1-2H3,(H,28,32). The SMILES string of the molecule is Cc1c(C(=O)Nc2ccc(-c3nc4ccccc4n3C)cc2)cnn1-c1ccc(F)cc1. The lowest BCUT2D eigenvalue weighted by atomic mass is 10.2. The number of hydrogen-bond donors (Lipinski definition) is 1. The predicted octanol–water partition coefficient (Wildman–Crippen LogP) is 5.13. The lowest BCUT2D eigenvalue weighted by Gasteiger charge is -2.08. The minimum atomic E-state index is -0.321. The van der Waals surface area contributed by atoms with E-state index in [-0.39, 0.29) is 11.7 Å². The van der Waals surface area contributed by atoms with Crippen LogP contribution < -0.4 is 5.32 Å². The molecule has 0 unspecified atom stereocenters. The van der Waals surface area contributed by atoms with Crippen molar-refractivity contribution in [3.63, 3.8) is 0 Å². The number of fused-ring (bicyclic) bond motifs is 1. The van der Waals surface area contributed by atoms with E-state index in [1.807, 2.05) is 55.6 Å². The molecule has 0 spiro atoms. The Bertz CT molecular complexity index is 1430. The second-order valence-corrected chi connectivity index (χ2v) is 7.55. The number of anilines is 1. The molecule has 0 aliphatic rings. The molecule has 5 rings (SSSR count). The van der Waals surface area contributed by atoms with Crippen molar-refractivity contribution in [2.75, 3.05) is 5.32 Å². The quantitative estimate of drug-likeness (QED) is 0.434. The number of aromatic nitrogens is 4. The van der Waals surface area contributed by atoms with Crippen molar-refractivity contribution in [1.29, 1.82) is 0 Å². The van der Waals surface area contributed by atoms with Crippen LogP contribution in [0.25, 0.3) is 28.1 Å². The minimum absolute atomic E-state index is 0.258. The van der Waals surface area contributed by atoms with E-state index < -0.39 is 0 Å². The smallest absolute Gasteiger partial charge is 0.259 e. The number of rotatable bonds is 4. The van der Waals surface area contributed by atoms with Crippen LogP contribution in [0.4, 0.5) is 10.1 Å². The van der Waals surface area contributed by atoms with Crippen molar-refractivity contribution >= 4 is 22.6 Å². The van der Waals surface area contributed by atoms with Gasteiger partial charge in [0.25, 0.3) is 5.91 Å². The van der Waals surface area contributed by atoms with Gasteiger partial charge in [-0.25, -0.2) is 14.1 Å². The summed E-state index contributed by atoms with van der Waals surface area (Å²) in [6.07, 6.45) is 1.52. The number of nitrogens with one attached hydrogen (secondary N) is 1. The van der Waals surface area contributed by atoms with Gasteiger partial charge in [-0.1, -0.05) is 12.1 Å². The minimum Gasteiger partial charge on any atom is -0.327 e. The van der Waals surface area contributed by atoms with Gasteiger partial charge in [-0.15, -0.1) is 0 Å². The summed E-state index contributed by atoms with van der Waals surface area (Å²) in [6, 6.07) is 21.5. The third kappa shape index (κ3) is 3.43. The van der Waals surface area contributed by atoms with E-state index in [1.165, 1.54) is 18.3 Å². The highest BCUT2D eigenvalue weighted by atomic mass is 19.1. The van der Waals surface area contributed by atoms with Crippen molar-refractivity contribution in [3.8, 4) is 17.1 Å². The van der Waals surface area contributed by atoms with Crippen molar-refractivity contribution in [1.82, 2.24) is 19.3 Å². The summed E-state index contributed by atoms with van der Waals surface area (Å²) in [5.41, 5.74) is 5.45. The first kappa shape index (κ1) is 19.7. The number of para-hydroxylation sites is 2. The fraction of sp³-hybridized carbons (Fsp3) is 0.0800. The first-order valence-electron chi connectivity index (χ1n) is 10.1. The topological polar surface area (TPSA) is 64.7 Å². The number of hydrogen-bond acceptors (Lipinski definition) is 3. The molecule has 0 saturated carbocycles. The highest BCUT2D eigenvalue weighted by Gasteiger charge is 2.16. The molecule has 7 heteroatoms. The second-order valence-electron chi connectivity index (χ2n) is 7.55. The van der Waals surface area contributed by atoms with E-state index in [9.17, 15) is 9.18 Å². The zero-order valence-corrected chi connectivity index (χ0v) is 17.6. The normalized spacial score (nSPS) is 11.1. The maximum atomic E-state index is 13.2. The molecule has 32 heavy (non-hydrogen) atoms. The maximum Gasteiger partial charge on any atom is 0.259 e. The number of amides is 1. The Kier molecular flexibility index (Phi) is 4.78. The van der Waals surface area contributed by atoms with Gasteiger partial charge < -0.3 is 9.88 Å². The molecule has 2 heterocycles. The molecule has 1 amide bonds. The van der Waals surface area contributed by atoms with Gasteiger partial charge in [0.1, 0.15) is 11.6 Å². The number of nitrogens with zero attached hydrogens (tertiary/aromatic N) is 4. The van der Waals surface area contributed by atoms with Crippen molar-refractivity contribution in [3.05, 3.63) is 96.1 Å². The molecule has 3 aromatic carbocycles. The van der Waals surface area contributed by atoms with E-state index in [4.69, 9.17) is 4.98 Å². The largest absolute Gasteiger partial charge is 0.327 e. The van der Waals surface area contributed by atoms with Crippen molar-refractivity contribution < 1.29 is 9.18 Å². The monoisotopic (exact) mass is 425 g/mol. The first-order chi connectivity index (χ1) is 15.5. The van der Waals surface area contributed by atoms with Crippen LogP contribution in [0.1, 0.15) is 16.1 Å². The molecule has 0 radical (unpaired) electrons. The van der Waals surface area contributed by atoms with E-state index in [1.54, 1.807) is 23.7 Å². The summed E-state index contributed by atoms with van der Waals surface area (Å²) >= 11 is 0. The van der Waals surface area contributed by atoms with Gasteiger partial charge in [-0.05, 0) is 67.6 Å². The molecule has 2 aromatic heterocycles. The van der Waals surface area contributed by atoms with Gasteiger partial charge in [0.05, 0.1) is 34.2 Å². The number of aryl methyl sites for hydroxylation is 1. The Balaban J connectivity index is 1.36. The molecular weight excluding hydrogens is 405 g/mol. The van der Waals surface area contributed by atoms with Crippen molar-refractivity contribution in [2.45, 2.75) is 6.92 Å². The Morgan fingerprint density at radius 2 is 1.69 bits per heavy atom. The Morgan fingerprint density at radius 3 is 2.41 bits per heavy atom. The third-order valence-corrected chi connectivity index (χ3v) is 5.51. The van der Waals surface area contributed by atoms with Gasteiger partial charge in [-0.2, -0.15) is 5.10 Å². The molecule has 0 fully saturated rings. The average molecular weight is 425 g/mol. The average Bonchev–Trinajstić information content (AvgIpc) is 3.35. The molecule has 0 atom stereocenters. The van der Waals surface area contributed by atoms with Crippen LogP contribution in [-0.2, 0) is 7.05 Å². The fourth-order valence-electron chi connectivity index (χ4n) is 3.78. The first-order valence-corrected chi connectivity index (χ1v) is 10.1. The summed E-state index contributed by atoms with van der Waals surface area (Å²) in [6.45, 7) is 1.81. The molecule has 5 aromatic rings. The van der Waals surface area contributed by atoms with Crippen LogP contribution in [-0.4, -0.2) is 25.2 Å². The van der Waals surface area contributed by atoms with Crippen LogP contribution in [0.3, 0.4) is 0 Å². The van der Waals surface area contributed by atoms with Crippen LogP contribution in [0, 0.1) is 12.7 Å². The lowest BCUT2D eigenvalue weighted by molar-refractivity contribution is 0.102. The zero-order chi connectivity index (χ0) is 22.2. The van der Waals surface area contributed by atoms with Crippen LogP contribution >= 0.6 is 0 Å². The Morgan fingerprint density at radius 1 is 0.969 bits per heavy atom. The van der Waals surface area contributed by atoms with Gasteiger partial charge >= 0.3 is 0 Å². The number of imidazole rings is 1. The molecule has 158 valence electrons. The molecule has 6 nitrogen and oxygen atoms in total. The van der Waals surface area contributed by atoms with Gasteiger partial charge in [0.15, 0.2) is 0 Å². The van der Waals surface area contributed by atoms with E-state index in [2.05, 4.69) is 15.0 Å². The van der Waals surface area contributed by atoms with E-state index in [0.29, 0.717) is 22.6 Å². The molecule has 0 saturated heterocycles. The fourth-order valence-corrected chi connectivity index (χ4v) is 3.78. The van der Waals surface area contributed by atoms with Crippen molar-refractivity contribution in [2.24, 2.45) is 7.05 Å². The molecule has 0 aliphatic carbocycles. The Hall–Kier alpha value is -4.26. The zero-order valence-electron chi connectivity index (χ0n) is 17.6. The van der Waals surface area contributed by atoms with Crippen LogP contribution in [0.5, 0.6) is 0 Å². The highest BCUT2D eigenvalue weighted by Crippen LogP contribution is 2.25. The Labute approximate surface area is 184 Å². The lowest BCUT2D eigenvalue weighted by Crippen LogP contribution is -2.13. The number of carbonyl (C=O) groups excluding carboxylic acids is 1. The molecule has 1 N–H and O–H groups in total. The summed E-state index contributed by atoms with van der Waals surface area (Å²) in [5, 5.41) is 7.20. The van der Waals surface area contributed by atoms with Crippen LogP contribution in [0.2, 0.25) is 0 Å². The van der Waals surface area contributed by atoms with E-state index >= 15 is 0 Å². The van der Waals surface area contributed by atoms with Crippen LogP contribution in [0.15, 0.2) is 79.0 Å². The maximum absolute atomic E-state index is 13.2. The van der Waals surface area contributed by atoms with Gasteiger partial charge in [0.2, 0.25) is 0 Å². The summed E-state index contributed by atoms with van der Waals surface area (Å²) in [7, 11) is 1.99. The highest BCUT2D eigenvalue weighted by molar-refractivity contribution is 6.05. The summed E-state index contributed by atoms with van der Waals surface area (Å²) in [4.78, 5) is 17.5. The number of benzene rings is 3. The molecular formula is C25H20FN5O. The molecule has 0 bridgehead atoms. The third-order valence-electron chi connectivity index (χ3n) is 5.51. The number of carbonyl (C=O) groups is 1. The predicted molar refractivity (Wildman–Crippen MR) is 122 cm³/mol. The second kappa shape index (κ2) is 7.77. The van der Waals surface area contributed by atoms with E-state index in [0.717, 1.165) is 22.4 Å². The van der Waals surface area contributed by atoms with Gasteiger partial charge in [-0.3, -0.25) is 4.79 Å². The summed E-state index contributed by atoms with van der Waals surface area (Å²) in [5.74, 6) is 0.283. The number of halogens is 1. The molecule has 0 aliphatic heterocycles. The van der Waals surface area contributed by atoms with Gasteiger partial charge in [0, 0.05) is 18.3 Å². The summed E-state index contributed by atoms with van der Waals surface area (Å²) < 4.78 is 16.9.